The molecule has 0 spiro atoms. The van der Waals surface area contributed by atoms with E-state index < -0.39 is 5.91 Å². The first-order chi connectivity index (χ1) is 10.2. The molecule has 0 saturated carbocycles. The van der Waals surface area contributed by atoms with Gasteiger partial charge >= 0.3 is 0 Å². The molecule has 2 aromatic carbocycles. The third-order valence-electron chi connectivity index (χ3n) is 3.37. The fourth-order valence-corrected chi connectivity index (χ4v) is 2.32. The van der Waals surface area contributed by atoms with Gasteiger partial charge < -0.3 is 11.1 Å². The molecule has 1 unspecified atom stereocenters. The highest BCUT2D eigenvalue weighted by atomic mass is 16.6. The number of nitrogens with zero attached hydrogens (tertiary/aromatic N) is 2. The number of aromatic nitrogens is 2. The lowest BCUT2D eigenvalue weighted by atomic mass is 9.99. The standard InChI is InChI=1S/C15H14N4O2/c1-9(17-15(20)13-14(16)19-21-18-13)11-8-4-6-10-5-2-3-7-12(10)11/h2-9H,1H3,(H2,16,19)(H,17,20). The minimum Gasteiger partial charge on any atom is -0.379 e. The van der Waals surface area contributed by atoms with E-state index in [-0.39, 0.29) is 17.6 Å². The summed E-state index contributed by atoms with van der Waals surface area (Å²) in [5.74, 6) is -0.424. The lowest BCUT2D eigenvalue weighted by molar-refractivity contribution is 0.0931. The number of nitrogen functional groups attached to an aromatic ring is 1. The molecule has 3 aromatic rings. The third kappa shape index (κ3) is 2.43. The first-order valence-corrected chi connectivity index (χ1v) is 6.53. The van der Waals surface area contributed by atoms with Crippen LogP contribution in [0.5, 0.6) is 0 Å². The Bertz CT molecular complexity index is 792. The van der Waals surface area contributed by atoms with Gasteiger partial charge in [-0.25, -0.2) is 4.63 Å². The summed E-state index contributed by atoms with van der Waals surface area (Å²) in [6, 6.07) is 13.8. The molecule has 106 valence electrons. The zero-order chi connectivity index (χ0) is 14.8. The van der Waals surface area contributed by atoms with E-state index in [0.29, 0.717) is 0 Å². The van der Waals surface area contributed by atoms with Crippen LogP contribution in [0, 0.1) is 0 Å². The second kappa shape index (κ2) is 5.24. The van der Waals surface area contributed by atoms with Crippen molar-refractivity contribution < 1.29 is 9.42 Å². The van der Waals surface area contributed by atoms with Crippen molar-refractivity contribution in [3.05, 3.63) is 53.7 Å². The van der Waals surface area contributed by atoms with E-state index in [2.05, 4.69) is 20.3 Å². The van der Waals surface area contributed by atoms with Crippen LogP contribution >= 0.6 is 0 Å². The molecule has 6 heteroatoms. The highest BCUT2D eigenvalue weighted by Crippen LogP contribution is 2.24. The number of rotatable bonds is 3. The van der Waals surface area contributed by atoms with Crippen LogP contribution in [0.1, 0.15) is 29.0 Å². The van der Waals surface area contributed by atoms with Crippen LogP contribution < -0.4 is 11.1 Å². The summed E-state index contributed by atoms with van der Waals surface area (Å²) in [4.78, 5) is 12.1. The van der Waals surface area contributed by atoms with Gasteiger partial charge in [0.15, 0.2) is 0 Å². The number of anilines is 1. The van der Waals surface area contributed by atoms with Gasteiger partial charge in [0.05, 0.1) is 6.04 Å². The predicted molar refractivity (Wildman–Crippen MR) is 78.5 cm³/mol. The van der Waals surface area contributed by atoms with Crippen molar-refractivity contribution >= 4 is 22.5 Å². The first kappa shape index (κ1) is 13.1. The zero-order valence-corrected chi connectivity index (χ0v) is 11.4. The SMILES string of the molecule is CC(NC(=O)c1nonc1N)c1cccc2ccccc12. The summed E-state index contributed by atoms with van der Waals surface area (Å²) in [5, 5.41) is 12.0. The summed E-state index contributed by atoms with van der Waals surface area (Å²) in [7, 11) is 0. The molecule has 1 atom stereocenters. The van der Waals surface area contributed by atoms with Gasteiger partial charge in [0, 0.05) is 0 Å². The Morgan fingerprint density at radius 3 is 2.71 bits per heavy atom. The number of fused-ring (bicyclic) bond motifs is 1. The van der Waals surface area contributed by atoms with Crippen LogP contribution in [0.25, 0.3) is 10.8 Å². The molecular weight excluding hydrogens is 268 g/mol. The average molecular weight is 282 g/mol. The summed E-state index contributed by atoms with van der Waals surface area (Å²) >= 11 is 0. The van der Waals surface area contributed by atoms with E-state index in [9.17, 15) is 4.79 Å². The van der Waals surface area contributed by atoms with Gasteiger partial charge in [0.1, 0.15) is 0 Å². The third-order valence-corrected chi connectivity index (χ3v) is 3.37. The van der Waals surface area contributed by atoms with Gasteiger partial charge in [-0.1, -0.05) is 42.5 Å². The highest BCUT2D eigenvalue weighted by Gasteiger charge is 2.19. The van der Waals surface area contributed by atoms with Crippen molar-refractivity contribution in [3.8, 4) is 0 Å². The van der Waals surface area contributed by atoms with Crippen LogP contribution in [0.15, 0.2) is 47.1 Å². The van der Waals surface area contributed by atoms with Crippen molar-refractivity contribution in [2.24, 2.45) is 0 Å². The van der Waals surface area contributed by atoms with E-state index in [4.69, 9.17) is 5.73 Å². The van der Waals surface area contributed by atoms with Gasteiger partial charge in [0.2, 0.25) is 11.5 Å². The number of hydrogen-bond donors (Lipinski definition) is 2. The number of carbonyl (C=O) groups is 1. The molecule has 1 heterocycles. The Morgan fingerprint density at radius 2 is 1.95 bits per heavy atom. The first-order valence-electron chi connectivity index (χ1n) is 6.53. The minimum atomic E-state index is -0.408. The van der Waals surface area contributed by atoms with E-state index in [1.54, 1.807) is 0 Å². The van der Waals surface area contributed by atoms with Crippen LogP contribution in [0.3, 0.4) is 0 Å². The maximum atomic E-state index is 12.1. The summed E-state index contributed by atoms with van der Waals surface area (Å²) in [5.41, 5.74) is 6.54. The van der Waals surface area contributed by atoms with Gasteiger partial charge in [-0.05, 0) is 33.6 Å². The van der Waals surface area contributed by atoms with E-state index in [1.165, 1.54) is 0 Å². The average Bonchev–Trinajstić information content (AvgIpc) is 2.92. The second-order valence-electron chi connectivity index (χ2n) is 4.76. The molecule has 0 aliphatic carbocycles. The molecule has 0 aliphatic heterocycles. The predicted octanol–water partition coefficient (Wildman–Crippen LogP) is 2.30. The minimum absolute atomic E-state index is 0.00193. The summed E-state index contributed by atoms with van der Waals surface area (Å²) in [6.07, 6.45) is 0. The Balaban J connectivity index is 1.89. The van der Waals surface area contributed by atoms with Crippen molar-refractivity contribution in [1.29, 1.82) is 0 Å². The Hall–Kier alpha value is -2.89. The smallest absolute Gasteiger partial charge is 0.277 e. The molecule has 6 nitrogen and oxygen atoms in total. The molecule has 3 N–H and O–H groups in total. The highest BCUT2D eigenvalue weighted by molar-refractivity contribution is 5.96. The topological polar surface area (TPSA) is 94.0 Å². The lowest BCUT2D eigenvalue weighted by Gasteiger charge is -2.15. The fraction of sp³-hybridized carbons (Fsp3) is 0.133. The van der Waals surface area contributed by atoms with Crippen LogP contribution in [-0.2, 0) is 0 Å². The van der Waals surface area contributed by atoms with Crippen LogP contribution in [-0.4, -0.2) is 16.2 Å². The van der Waals surface area contributed by atoms with Gasteiger partial charge in [-0.15, -0.1) is 0 Å². The molecule has 1 aromatic heterocycles. The van der Waals surface area contributed by atoms with Crippen molar-refractivity contribution in [1.82, 2.24) is 15.6 Å². The number of hydrogen-bond acceptors (Lipinski definition) is 5. The van der Waals surface area contributed by atoms with E-state index >= 15 is 0 Å². The second-order valence-corrected chi connectivity index (χ2v) is 4.76. The molecule has 0 fully saturated rings. The monoisotopic (exact) mass is 282 g/mol. The maximum absolute atomic E-state index is 12.1. The van der Waals surface area contributed by atoms with Crippen molar-refractivity contribution in [3.63, 3.8) is 0 Å². The number of nitrogens with two attached hydrogens (primary N) is 1. The number of benzene rings is 2. The van der Waals surface area contributed by atoms with Gasteiger partial charge in [-0.3, -0.25) is 4.79 Å². The molecule has 1 amide bonds. The van der Waals surface area contributed by atoms with E-state index in [0.717, 1.165) is 16.3 Å². The van der Waals surface area contributed by atoms with Crippen LogP contribution in [0.2, 0.25) is 0 Å². The quantitative estimate of drug-likeness (QED) is 0.768. The van der Waals surface area contributed by atoms with Gasteiger partial charge in [-0.2, -0.15) is 0 Å². The normalized spacial score (nSPS) is 12.2. The number of nitrogens with one attached hydrogen (secondary N) is 1. The van der Waals surface area contributed by atoms with E-state index in [1.807, 2.05) is 49.4 Å². The van der Waals surface area contributed by atoms with Crippen molar-refractivity contribution in [2.45, 2.75) is 13.0 Å². The van der Waals surface area contributed by atoms with Crippen molar-refractivity contribution in [2.75, 3.05) is 5.73 Å². The fourth-order valence-electron chi connectivity index (χ4n) is 2.32. The summed E-state index contributed by atoms with van der Waals surface area (Å²) < 4.78 is 4.44. The van der Waals surface area contributed by atoms with Crippen LogP contribution in [0.4, 0.5) is 5.82 Å². The summed E-state index contributed by atoms with van der Waals surface area (Å²) in [6.45, 7) is 1.91. The van der Waals surface area contributed by atoms with Gasteiger partial charge in [0.25, 0.3) is 5.91 Å². The Labute approximate surface area is 120 Å². The molecule has 0 radical (unpaired) electrons. The lowest BCUT2D eigenvalue weighted by Crippen LogP contribution is -2.27. The Kier molecular flexibility index (Phi) is 3.27. The molecule has 3 rings (SSSR count). The molecule has 0 bridgehead atoms. The molecule has 0 saturated heterocycles. The maximum Gasteiger partial charge on any atom is 0.277 e. The number of amides is 1. The molecule has 0 aliphatic rings. The number of carbonyl (C=O) groups excluding carboxylic acids is 1. The zero-order valence-electron chi connectivity index (χ0n) is 11.4. The largest absolute Gasteiger partial charge is 0.379 e. The molecule has 21 heavy (non-hydrogen) atoms. The molecular formula is C15H14N4O2. The Morgan fingerprint density at radius 1 is 1.19 bits per heavy atom.